The van der Waals surface area contributed by atoms with E-state index >= 15 is 0 Å². The molecule has 0 unspecified atom stereocenters. The number of rotatable bonds is 9. The molecule has 0 saturated heterocycles. The third-order valence-corrected chi connectivity index (χ3v) is 7.01. The quantitative estimate of drug-likeness (QED) is 0.245. The lowest BCUT2D eigenvalue weighted by Gasteiger charge is -2.13. The number of fused-ring (bicyclic) bond motifs is 1. The minimum Gasteiger partial charge on any atom is -0.495 e. The maximum Gasteiger partial charge on any atom is 0.139 e. The number of aromatic nitrogens is 1. The van der Waals surface area contributed by atoms with Crippen LogP contribution >= 0.6 is 34.5 Å². The second kappa shape index (κ2) is 11.0. The molecule has 0 amide bonds. The minimum absolute atomic E-state index is 0.411. The molecule has 0 atom stereocenters. The van der Waals surface area contributed by atoms with Gasteiger partial charge in [-0.15, -0.1) is 11.3 Å². The fourth-order valence-corrected chi connectivity index (χ4v) is 5.07. The minimum atomic E-state index is 0.411. The lowest BCUT2D eigenvalue weighted by atomic mass is 10.1. The monoisotopic (exact) mass is 512 g/mol. The van der Waals surface area contributed by atoms with Crippen LogP contribution in [0.2, 0.25) is 10.0 Å². The molecule has 9 heteroatoms. The highest BCUT2D eigenvalue weighted by molar-refractivity contribution is 7.22. The van der Waals surface area contributed by atoms with Crippen LogP contribution in [-0.4, -0.2) is 32.4 Å². The number of nitrogens with zero attached hydrogens (tertiary/aromatic N) is 2. The zero-order valence-corrected chi connectivity index (χ0v) is 20.9. The van der Waals surface area contributed by atoms with Gasteiger partial charge in [-0.3, -0.25) is 4.98 Å². The van der Waals surface area contributed by atoms with Crippen LogP contribution in [-0.2, 0) is 11.3 Å². The number of hydrogen-bond acceptors (Lipinski definition) is 7. The molecule has 2 aromatic carbocycles. The first-order chi connectivity index (χ1) is 16.5. The van der Waals surface area contributed by atoms with Crippen LogP contribution in [0.3, 0.4) is 0 Å². The van der Waals surface area contributed by atoms with Gasteiger partial charge in [0.15, 0.2) is 0 Å². The Morgan fingerprint density at radius 1 is 1.09 bits per heavy atom. The molecule has 174 valence electrons. The summed E-state index contributed by atoms with van der Waals surface area (Å²) in [6.45, 7) is 2.27. The summed E-state index contributed by atoms with van der Waals surface area (Å²) in [5.41, 5.74) is 4.73. The predicted molar refractivity (Wildman–Crippen MR) is 140 cm³/mol. The molecule has 4 rings (SSSR count). The summed E-state index contributed by atoms with van der Waals surface area (Å²) < 4.78 is 11.2. The molecular formula is C25H22Cl2N4O2S. The van der Waals surface area contributed by atoms with E-state index in [1.54, 1.807) is 36.8 Å². The molecule has 0 bridgehead atoms. The summed E-state index contributed by atoms with van der Waals surface area (Å²) >= 11 is 14.2. The van der Waals surface area contributed by atoms with Gasteiger partial charge in [-0.05, 0) is 23.3 Å². The van der Waals surface area contributed by atoms with Gasteiger partial charge >= 0.3 is 0 Å². The van der Waals surface area contributed by atoms with Crippen LogP contribution in [0.5, 0.6) is 5.75 Å². The van der Waals surface area contributed by atoms with Crippen LogP contribution < -0.4 is 15.4 Å². The fourth-order valence-electron chi connectivity index (χ4n) is 3.44. The Bertz CT molecular complexity index is 1350. The van der Waals surface area contributed by atoms with Crippen LogP contribution in [0, 0.1) is 11.3 Å². The standard InChI is InChI=1S/C25H22Cl2N4O2S/c1-32-8-7-29-13-15-3-5-16(6-4-15)23-11-21-25(34-23)24(17(12-28)14-30-21)31-20-10-22(33-2)19(27)9-18(20)26/h3-6,9-11,14,29H,7-8,13H2,1-2H3,(H,30,31). The first-order valence-corrected chi connectivity index (χ1v) is 12.0. The van der Waals surface area contributed by atoms with Gasteiger partial charge in [-0.1, -0.05) is 47.5 Å². The molecule has 0 aliphatic carbocycles. The fraction of sp³-hybridized carbons (Fsp3) is 0.200. The van der Waals surface area contributed by atoms with Crippen LogP contribution in [0.25, 0.3) is 20.7 Å². The number of nitrogens with one attached hydrogen (secondary N) is 2. The molecule has 4 aromatic rings. The van der Waals surface area contributed by atoms with E-state index in [-0.39, 0.29) is 0 Å². The average molecular weight is 513 g/mol. The number of ether oxygens (including phenoxy) is 2. The maximum atomic E-state index is 9.71. The number of nitriles is 1. The van der Waals surface area contributed by atoms with Crippen LogP contribution in [0.1, 0.15) is 11.1 Å². The summed E-state index contributed by atoms with van der Waals surface area (Å²) in [6.07, 6.45) is 1.57. The van der Waals surface area contributed by atoms with Gasteiger partial charge in [0.05, 0.1) is 50.9 Å². The number of benzene rings is 2. The largest absolute Gasteiger partial charge is 0.495 e. The number of halogens is 2. The number of pyridine rings is 1. The van der Waals surface area contributed by atoms with Gasteiger partial charge in [0, 0.05) is 37.3 Å². The molecule has 0 fully saturated rings. The first kappa shape index (κ1) is 24.3. The van der Waals surface area contributed by atoms with Crippen molar-refractivity contribution in [1.82, 2.24) is 10.3 Å². The van der Waals surface area contributed by atoms with Crippen molar-refractivity contribution in [2.24, 2.45) is 0 Å². The maximum absolute atomic E-state index is 9.71. The molecule has 2 N–H and O–H groups in total. The Hall–Kier alpha value is -2.86. The number of anilines is 2. The van der Waals surface area contributed by atoms with Crippen molar-refractivity contribution < 1.29 is 9.47 Å². The highest BCUT2D eigenvalue weighted by atomic mass is 35.5. The highest BCUT2D eigenvalue weighted by Crippen LogP contribution is 2.41. The van der Waals surface area contributed by atoms with Crippen molar-refractivity contribution >= 4 is 56.1 Å². The summed E-state index contributed by atoms with van der Waals surface area (Å²) in [5.74, 6) is 0.487. The smallest absolute Gasteiger partial charge is 0.139 e. The number of methoxy groups -OCH3 is 2. The van der Waals surface area contributed by atoms with Crippen molar-refractivity contribution in [3.05, 3.63) is 69.8 Å². The van der Waals surface area contributed by atoms with Crippen LogP contribution in [0.4, 0.5) is 11.4 Å². The molecule has 0 spiro atoms. The zero-order valence-electron chi connectivity index (χ0n) is 18.6. The summed E-state index contributed by atoms with van der Waals surface area (Å²) in [5, 5.41) is 17.2. The molecule has 2 heterocycles. The Labute approximate surface area is 212 Å². The van der Waals surface area contributed by atoms with E-state index < -0.39 is 0 Å². The lowest BCUT2D eigenvalue weighted by Crippen LogP contribution is -2.18. The average Bonchev–Trinajstić information content (AvgIpc) is 3.29. The zero-order chi connectivity index (χ0) is 24.1. The number of thiophene rings is 1. The van der Waals surface area contributed by atoms with E-state index in [0.29, 0.717) is 39.3 Å². The Morgan fingerprint density at radius 2 is 1.88 bits per heavy atom. The second-order valence-corrected chi connectivity index (χ2v) is 9.31. The van der Waals surface area contributed by atoms with E-state index in [9.17, 15) is 5.26 Å². The molecular weight excluding hydrogens is 491 g/mol. The molecule has 0 aliphatic rings. The van der Waals surface area contributed by atoms with Gasteiger partial charge in [-0.2, -0.15) is 5.26 Å². The molecule has 34 heavy (non-hydrogen) atoms. The van der Waals surface area contributed by atoms with E-state index in [4.69, 9.17) is 32.7 Å². The topological polar surface area (TPSA) is 79.2 Å². The summed E-state index contributed by atoms with van der Waals surface area (Å²) in [4.78, 5) is 5.55. The summed E-state index contributed by atoms with van der Waals surface area (Å²) in [7, 11) is 3.23. The molecule has 6 nitrogen and oxygen atoms in total. The van der Waals surface area contributed by atoms with Gasteiger partial charge in [-0.25, -0.2) is 0 Å². The van der Waals surface area contributed by atoms with Gasteiger partial charge in [0.1, 0.15) is 11.8 Å². The van der Waals surface area contributed by atoms with Crippen molar-refractivity contribution in [2.75, 3.05) is 32.7 Å². The van der Waals surface area contributed by atoms with Crippen molar-refractivity contribution in [1.29, 1.82) is 5.26 Å². The lowest BCUT2D eigenvalue weighted by molar-refractivity contribution is 0.199. The van der Waals surface area contributed by atoms with Crippen molar-refractivity contribution in [2.45, 2.75) is 6.54 Å². The van der Waals surface area contributed by atoms with E-state index in [0.717, 1.165) is 33.7 Å². The van der Waals surface area contributed by atoms with Gasteiger partial charge in [0.25, 0.3) is 0 Å². The molecule has 0 aliphatic heterocycles. The molecule has 0 saturated carbocycles. The highest BCUT2D eigenvalue weighted by Gasteiger charge is 2.16. The SMILES string of the molecule is COCCNCc1ccc(-c2cc3ncc(C#N)c(Nc4cc(OC)c(Cl)cc4Cl)c3s2)cc1. The predicted octanol–water partition coefficient (Wildman–Crippen LogP) is 6.63. The summed E-state index contributed by atoms with van der Waals surface area (Å²) in [6, 6.07) is 16.0. The third-order valence-electron chi connectivity index (χ3n) is 5.21. The van der Waals surface area contributed by atoms with Crippen molar-refractivity contribution in [3.8, 4) is 22.3 Å². The Morgan fingerprint density at radius 3 is 2.59 bits per heavy atom. The number of hydrogen-bond donors (Lipinski definition) is 2. The van der Waals surface area contributed by atoms with Gasteiger partial charge in [0.2, 0.25) is 0 Å². The van der Waals surface area contributed by atoms with Gasteiger partial charge < -0.3 is 20.1 Å². The Balaban J connectivity index is 1.66. The van der Waals surface area contributed by atoms with Crippen molar-refractivity contribution in [3.63, 3.8) is 0 Å². The normalized spacial score (nSPS) is 10.9. The second-order valence-electron chi connectivity index (χ2n) is 7.44. The van der Waals surface area contributed by atoms with E-state index in [1.165, 1.54) is 12.7 Å². The molecule has 0 radical (unpaired) electrons. The van der Waals surface area contributed by atoms with E-state index in [1.807, 2.05) is 6.07 Å². The first-order valence-electron chi connectivity index (χ1n) is 10.5. The van der Waals surface area contributed by atoms with E-state index in [2.05, 4.69) is 46.0 Å². The molecule has 2 aromatic heterocycles. The third kappa shape index (κ3) is 5.27. The van der Waals surface area contributed by atoms with Crippen LogP contribution in [0.15, 0.2) is 48.7 Å². The Kier molecular flexibility index (Phi) is 7.88.